The Labute approximate surface area is 220 Å². The number of fused-ring (bicyclic) bond motifs is 4. The second-order valence-corrected chi connectivity index (χ2v) is 9.65. The van der Waals surface area contributed by atoms with Crippen LogP contribution in [0.3, 0.4) is 0 Å². The topological polar surface area (TPSA) is 29.3 Å². The zero-order valence-corrected chi connectivity index (χ0v) is 20.5. The first-order valence-corrected chi connectivity index (χ1v) is 12.8. The first kappa shape index (κ1) is 21.0. The van der Waals surface area contributed by atoms with E-state index in [0.29, 0.717) is 6.01 Å². The molecule has 1 aliphatic rings. The fraction of sp³-hybridized carbons (Fsp3) is 0. The van der Waals surface area contributed by atoms with Crippen molar-refractivity contribution in [3.05, 3.63) is 133 Å². The molecule has 0 saturated heterocycles. The van der Waals surface area contributed by atoms with Crippen molar-refractivity contribution in [3.8, 4) is 33.4 Å². The number of benzene rings is 6. The highest BCUT2D eigenvalue weighted by Crippen LogP contribution is 2.48. The SMILES string of the molecule is c1ccc(N(c2ccc(-c3ccc4c(c3)-c3cccc5cccc-4c35)cc2)c2nc3ccccc3o2)cc1. The number of oxazole rings is 1. The van der Waals surface area contributed by atoms with Gasteiger partial charge in [0, 0.05) is 0 Å². The zero-order chi connectivity index (χ0) is 25.1. The van der Waals surface area contributed by atoms with Gasteiger partial charge in [0.15, 0.2) is 5.58 Å². The van der Waals surface area contributed by atoms with E-state index in [1.165, 1.54) is 44.2 Å². The Morgan fingerprint density at radius 1 is 0.500 bits per heavy atom. The standard InChI is InChI=1S/C35H22N2O/c1-2-10-26(11-3-1)37(35-36-32-14-4-5-15-33(32)38-35)27-19-16-23(17-20-27)25-18-21-28-29-12-6-8-24-9-7-13-30(34(24)29)31(28)22-25/h1-22H. The quantitative estimate of drug-likeness (QED) is 0.248. The predicted molar refractivity (Wildman–Crippen MR) is 156 cm³/mol. The van der Waals surface area contributed by atoms with Crippen molar-refractivity contribution in [1.82, 2.24) is 4.98 Å². The maximum Gasteiger partial charge on any atom is 0.307 e. The molecule has 6 aromatic carbocycles. The number of hydrogen-bond acceptors (Lipinski definition) is 3. The summed E-state index contributed by atoms with van der Waals surface area (Å²) in [4.78, 5) is 6.84. The predicted octanol–water partition coefficient (Wildman–Crippen LogP) is 9.77. The summed E-state index contributed by atoms with van der Waals surface area (Å²) in [6.45, 7) is 0. The van der Waals surface area contributed by atoms with Gasteiger partial charge < -0.3 is 4.42 Å². The van der Waals surface area contributed by atoms with Crippen LogP contribution in [0.15, 0.2) is 138 Å². The number of aromatic nitrogens is 1. The van der Waals surface area contributed by atoms with Gasteiger partial charge >= 0.3 is 6.01 Å². The van der Waals surface area contributed by atoms with Gasteiger partial charge in [-0.15, -0.1) is 0 Å². The van der Waals surface area contributed by atoms with Crippen LogP contribution >= 0.6 is 0 Å². The minimum Gasteiger partial charge on any atom is -0.423 e. The van der Waals surface area contributed by atoms with Gasteiger partial charge in [-0.2, -0.15) is 4.98 Å². The number of nitrogens with zero attached hydrogens (tertiary/aromatic N) is 2. The number of rotatable bonds is 4. The molecule has 0 aliphatic heterocycles. The van der Waals surface area contributed by atoms with Crippen molar-refractivity contribution >= 4 is 39.3 Å². The second kappa shape index (κ2) is 8.19. The molecule has 3 heteroatoms. The van der Waals surface area contributed by atoms with Crippen LogP contribution in [0.4, 0.5) is 17.4 Å². The lowest BCUT2D eigenvalue weighted by Gasteiger charge is -2.21. The molecule has 0 N–H and O–H groups in total. The highest BCUT2D eigenvalue weighted by Gasteiger charge is 2.22. The Hall–Kier alpha value is -5.15. The lowest BCUT2D eigenvalue weighted by atomic mass is 9.97. The lowest BCUT2D eigenvalue weighted by molar-refractivity contribution is 0.608. The summed E-state index contributed by atoms with van der Waals surface area (Å²) in [5, 5.41) is 2.65. The molecular formula is C35H22N2O. The molecule has 178 valence electrons. The van der Waals surface area contributed by atoms with Crippen molar-refractivity contribution in [2.75, 3.05) is 4.90 Å². The van der Waals surface area contributed by atoms with Gasteiger partial charge in [0.2, 0.25) is 0 Å². The summed E-state index contributed by atoms with van der Waals surface area (Å²) in [6, 6.07) is 47.3. The van der Waals surface area contributed by atoms with Crippen LogP contribution < -0.4 is 4.90 Å². The minimum absolute atomic E-state index is 0.550. The molecule has 8 rings (SSSR count). The Kier molecular flexibility index (Phi) is 4.52. The number of anilines is 3. The minimum atomic E-state index is 0.550. The Morgan fingerprint density at radius 2 is 1.18 bits per heavy atom. The van der Waals surface area contributed by atoms with Crippen LogP contribution in [0, 0.1) is 0 Å². The summed E-state index contributed by atoms with van der Waals surface area (Å²) in [5.41, 5.74) is 11.2. The van der Waals surface area contributed by atoms with Gasteiger partial charge in [0.05, 0.1) is 11.4 Å². The maximum absolute atomic E-state index is 6.18. The molecule has 7 aromatic rings. The average Bonchev–Trinajstić information content (AvgIpc) is 3.55. The average molecular weight is 487 g/mol. The molecule has 1 heterocycles. The Balaban J connectivity index is 1.20. The van der Waals surface area contributed by atoms with Crippen molar-refractivity contribution < 1.29 is 4.42 Å². The van der Waals surface area contributed by atoms with Gasteiger partial charge in [0.25, 0.3) is 0 Å². The fourth-order valence-corrected chi connectivity index (χ4v) is 5.68. The summed E-state index contributed by atoms with van der Waals surface area (Å²) < 4.78 is 6.18. The van der Waals surface area contributed by atoms with Crippen LogP contribution in [0.25, 0.3) is 55.3 Å². The van der Waals surface area contributed by atoms with Crippen LogP contribution in [0.5, 0.6) is 0 Å². The van der Waals surface area contributed by atoms with Gasteiger partial charge in [-0.05, 0) is 86.6 Å². The fourth-order valence-electron chi connectivity index (χ4n) is 5.68. The highest BCUT2D eigenvalue weighted by molar-refractivity contribution is 6.15. The third-order valence-corrected chi connectivity index (χ3v) is 7.45. The molecule has 0 radical (unpaired) electrons. The van der Waals surface area contributed by atoms with E-state index in [2.05, 4.69) is 95.9 Å². The molecule has 3 nitrogen and oxygen atoms in total. The zero-order valence-electron chi connectivity index (χ0n) is 20.5. The molecule has 0 saturated carbocycles. The Morgan fingerprint density at radius 3 is 1.97 bits per heavy atom. The molecule has 0 amide bonds. The monoisotopic (exact) mass is 486 g/mol. The van der Waals surface area contributed by atoms with Crippen molar-refractivity contribution in [2.45, 2.75) is 0 Å². The molecule has 0 bridgehead atoms. The largest absolute Gasteiger partial charge is 0.423 e. The summed E-state index contributed by atoms with van der Waals surface area (Å²) in [5.74, 6) is 0. The maximum atomic E-state index is 6.18. The second-order valence-electron chi connectivity index (χ2n) is 9.65. The molecule has 1 aromatic heterocycles. The molecule has 0 fully saturated rings. The molecule has 0 atom stereocenters. The Bertz CT molecular complexity index is 1930. The van der Waals surface area contributed by atoms with E-state index in [1.807, 2.05) is 42.5 Å². The van der Waals surface area contributed by atoms with Crippen LogP contribution in [0.2, 0.25) is 0 Å². The van der Waals surface area contributed by atoms with E-state index in [9.17, 15) is 0 Å². The van der Waals surface area contributed by atoms with E-state index < -0.39 is 0 Å². The van der Waals surface area contributed by atoms with Crippen molar-refractivity contribution in [1.29, 1.82) is 0 Å². The van der Waals surface area contributed by atoms with Crippen LogP contribution in [-0.4, -0.2) is 4.98 Å². The summed E-state index contributed by atoms with van der Waals surface area (Å²) in [7, 11) is 0. The van der Waals surface area contributed by atoms with Crippen molar-refractivity contribution in [2.24, 2.45) is 0 Å². The van der Waals surface area contributed by atoms with E-state index in [4.69, 9.17) is 9.40 Å². The number of hydrogen-bond donors (Lipinski definition) is 0. The lowest BCUT2D eigenvalue weighted by Crippen LogP contribution is -2.10. The summed E-state index contributed by atoms with van der Waals surface area (Å²) >= 11 is 0. The molecule has 38 heavy (non-hydrogen) atoms. The summed E-state index contributed by atoms with van der Waals surface area (Å²) in [6.07, 6.45) is 0. The van der Waals surface area contributed by atoms with Crippen molar-refractivity contribution in [3.63, 3.8) is 0 Å². The smallest absolute Gasteiger partial charge is 0.307 e. The first-order valence-electron chi connectivity index (χ1n) is 12.8. The van der Waals surface area contributed by atoms with E-state index in [0.717, 1.165) is 22.5 Å². The van der Waals surface area contributed by atoms with Crippen LogP contribution in [0.1, 0.15) is 0 Å². The van der Waals surface area contributed by atoms with Crippen LogP contribution in [-0.2, 0) is 0 Å². The molecular weight excluding hydrogens is 464 g/mol. The third-order valence-electron chi connectivity index (χ3n) is 7.45. The van der Waals surface area contributed by atoms with Gasteiger partial charge in [-0.3, -0.25) is 4.90 Å². The normalized spacial score (nSPS) is 11.7. The first-order chi connectivity index (χ1) is 18.8. The van der Waals surface area contributed by atoms with E-state index in [-0.39, 0.29) is 0 Å². The van der Waals surface area contributed by atoms with Gasteiger partial charge in [-0.25, -0.2) is 0 Å². The molecule has 1 aliphatic carbocycles. The molecule has 0 spiro atoms. The van der Waals surface area contributed by atoms with Gasteiger partial charge in [-0.1, -0.05) is 91.0 Å². The molecule has 0 unspecified atom stereocenters. The highest BCUT2D eigenvalue weighted by atomic mass is 16.4. The van der Waals surface area contributed by atoms with E-state index >= 15 is 0 Å². The third kappa shape index (κ3) is 3.19. The number of para-hydroxylation sites is 3. The van der Waals surface area contributed by atoms with E-state index in [1.54, 1.807) is 0 Å². The van der Waals surface area contributed by atoms with Gasteiger partial charge in [0.1, 0.15) is 5.52 Å².